The predicted octanol–water partition coefficient (Wildman–Crippen LogP) is 2.44. The Bertz CT molecular complexity index is 528. The van der Waals surface area contributed by atoms with Gasteiger partial charge in [0, 0.05) is 30.9 Å². The zero-order valence-corrected chi connectivity index (χ0v) is 13.8. The Hall–Kier alpha value is -1.62. The van der Waals surface area contributed by atoms with Crippen LogP contribution < -0.4 is 11.1 Å². The first-order valence-electron chi connectivity index (χ1n) is 8.95. The van der Waals surface area contributed by atoms with Crippen molar-refractivity contribution >= 4 is 11.7 Å². The molecule has 0 bridgehead atoms. The van der Waals surface area contributed by atoms with Crippen molar-refractivity contribution in [3.8, 4) is 0 Å². The quantitative estimate of drug-likeness (QED) is 0.895. The maximum absolute atomic E-state index is 12.3. The predicted molar refractivity (Wildman–Crippen MR) is 92.2 cm³/mol. The standard InChI is InChI=1S/C18H28N4O/c19-17-11-15(8-9-20-17)18(23)21-16-7-4-10-22(13-16)12-14-5-2-1-3-6-14/h8-9,11,14,16H,1-7,10,12-13H2,(H2,19,20)(H,21,23). The highest BCUT2D eigenvalue weighted by Crippen LogP contribution is 2.25. The average molecular weight is 316 g/mol. The van der Waals surface area contributed by atoms with Gasteiger partial charge in [0.05, 0.1) is 0 Å². The monoisotopic (exact) mass is 316 g/mol. The van der Waals surface area contributed by atoms with E-state index < -0.39 is 0 Å². The van der Waals surface area contributed by atoms with E-state index in [-0.39, 0.29) is 11.9 Å². The van der Waals surface area contributed by atoms with Crippen LogP contribution in [0.3, 0.4) is 0 Å². The molecule has 1 aliphatic heterocycles. The van der Waals surface area contributed by atoms with Gasteiger partial charge in [-0.25, -0.2) is 4.98 Å². The zero-order chi connectivity index (χ0) is 16.1. The number of nitrogens with one attached hydrogen (secondary N) is 1. The maximum Gasteiger partial charge on any atom is 0.251 e. The number of rotatable bonds is 4. The van der Waals surface area contributed by atoms with Crippen LogP contribution in [0.25, 0.3) is 0 Å². The van der Waals surface area contributed by atoms with Crippen LogP contribution in [0.4, 0.5) is 5.82 Å². The summed E-state index contributed by atoms with van der Waals surface area (Å²) in [6, 6.07) is 3.60. The summed E-state index contributed by atoms with van der Waals surface area (Å²) in [5, 5.41) is 3.17. The molecule has 1 amide bonds. The van der Waals surface area contributed by atoms with Crippen molar-refractivity contribution in [2.75, 3.05) is 25.4 Å². The van der Waals surface area contributed by atoms with Gasteiger partial charge in [0.2, 0.25) is 0 Å². The number of hydrogen-bond acceptors (Lipinski definition) is 4. The van der Waals surface area contributed by atoms with Crippen LogP contribution in [0.5, 0.6) is 0 Å². The van der Waals surface area contributed by atoms with Crippen molar-refractivity contribution in [3.63, 3.8) is 0 Å². The van der Waals surface area contributed by atoms with Crippen LogP contribution in [0.15, 0.2) is 18.3 Å². The van der Waals surface area contributed by atoms with E-state index in [9.17, 15) is 4.79 Å². The Morgan fingerprint density at radius 2 is 2.09 bits per heavy atom. The van der Waals surface area contributed by atoms with Gasteiger partial charge in [-0.05, 0) is 50.3 Å². The number of nitrogens with two attached hydrogens (primary N) is 1. The SMILES string of the molecule is Nc1cc(C(=O)NC2CCCN(CC3CCCCC3)C2)ccn1. The molecule has 23 heavy (non-hydrogen) atoms. The van der Waals surface area contributed by atoms with Crippen molar-refractivity contribution < 1.29 is 4.79 Å². The summed E-state index contributed by atoms with van der Waals surface area (Å²) in [4.78, 5) is 18.8. The molecule has 1 saturated heterocycles. The first-order chi connectivity index (χ1) is 11.2. The summed E-state index contributed by atoms with van der Waals surface area (Å²) in [6.07, 6.45) is 10.8. The molecule has 126 valence electrons. The molecule has 3 N–H and O–H groups in total. The fourth-order valence-electron chi connectivity index (χ4n) is 3.93. The van der Waals surface area contributed by atoms with Crippen molar-refractivity contribution in [1.29, 1.82) is 0 Å². The molecule has 1 atom stereocenters. The first-order valence-corrected chi connectivity index (χ1v) is 8.95. The molecule has 1 aliphatic carbocycles. The Morgan fingerprint density at radius 3 is 2.87 bits per heavy atom. The van der Waals surface area contributed by atoms with Gasteiger partial charge < -0.3 is 16.0 Å². The number of amides is 1. The lowest BCUT2D eigenvalue weighted by atomic mass is 9.88. The number of likely N-dealkylation sites (tertiary alicyclic amines) is 1. The lowest BCUT2D eigenvalue weighted by molar-refractivity contribution is 0.0890. The van der Waals surface area contributed by atoms with Crippen molar-refractivity contribution in [3.05, 3.63) is 23.9 Å². The summed E-state index contributed by atoms with van der Waals surface area (Å²) >= 11 is 0. The molecule has 1 unspecified atom stereocenters. The lowest BCUT2D eigenvalue weighted by Gasteiger charge is -2.36. The van der Waals surface area contributed by atoms with Crippen molar-refractivity contribution in [2.45, 2.75) is 51.0 Å². The highest BCUT2D eigenvalue weighted by Gasteiger charge is 2.24. The van der Waals surface area contributed by atoms with Crippen LogP contribution in [-0.4, -0.2) is 41.5 Å². The molecule has 1 saturated carbocycles. The number of hydrogen-bond donors (Lipinski definition) is 2. The Morgan fingerprint density at radius 1 is 1.26 bits per heavy atom. The minimum absolute atomic E-state index is 0.0383. The second-order valence-corrected chi connectivity index (χ2v) is 7.05. The van der Waals surface area contributed by atoms with E-state index in [4.69, 9.17) is 5.73 Å². The van der Waals surface area contributed by atoms with E-state index in [0.29, 0.717) is 11.4 Å². The topological polar surface area (TPSA) is 71.2 Å². The van der Waals surface area contributed by atoms with Crippen molar-refractivity contribution in [2.24, 2.45) is 5.92 Å². The van der Waals surface area contributed by atoms with Crippen LogP contribution >= 0.6 is 0 Å². The van der Waals surface area contributed by atoms with Gasteiger partial charge in [0.25, 0.3) is 5.91 Å². The van der Waals surface area contributed by atoms with Crippen LogP contribution in [0.1, 0.15) is 55.3 Å². The summed E-state index contributed by atoms with van der Waals surface area (Å²) in [5.41, 5.74) is 6.26. The minimum Gasteiger partial charge on any atom is -0.384 e. The maximum atomic E-state index is 12.3. The first kappa shape index (κ1) is 16.2. The van der Waals surface area contributed by atoms with Gasteiger partial charge >= 0.3 is 0 Å². The molecule has 5 nitrogen and oxygen atoms in total. The molecule has 0 spiro atoms. The molecule has 2 aliphatic rings. The second kappa shape index (κ2) is 7.77. The normalized spacial score (nSPS) is 23.6. The number of nitrogens with zero attached hydrogens (tertiary/aromatic N) is 2. The highest BCUT2D eigenvalue weighted by atomic mass is 16.1. The number of anilines is 1. The number of carbonyl (C=O) groups excluding carboxylic acids is 1. The molecule has 0 aromatic carbocycles. The smallest absolute Gasteiger partial charge is 0.251 e. The van der Waals surface area contributed by atoms with Crippen molar-refractivity contribution in [1.82, 2.24) is 15.2 Å². The van der Waals surface area contributed by atoms with Gasteiger partial charge in [-0.2, -0.15) is 0 Å². The minimum atomic E-state index is -0.0383. The van der Waals surface area contributed by atoms with Crippen LogP contribution in [-0.2, 0) is 0 Å². The van der Waals surface area contributed by atoms with E-state index in [1.807, 2.05) is 0 Å². The largest absolute Gasteiger partial charge is 0.384 e. The number of aromatic nitrogens is 1. The van der Waals surface area contributed by atoms with E-state index in [1.54, 1.807) is 18.3 Å². The summed E-state index contributed by atoms with van der Waals surface area (Å²) < 4.78 is 0. The zero-order valence-electron chi connectivity index (χ0n) is 13.8. The molecule has 0 radical (unpaired) electrons. The van der Waals surface area contributed by atoms with Crippen LogP contribution in [0, 0.1) is 5.92 Å². The molecular weight excluding hydrogens is 288 g/mol. The second-order valence-electron chi connectivity index (χ2n) is 7.05. The third-order valence-corrected chi connectivity index (χ3v) is 5.13. The number of carbonyl (C=O) groups is 1. The Balaban J connectivity index is 1.50. The summed E-state index contributed by atoms with van der Waals surface area (Å²) in [5.74, 6) is 1.21. The van der Waals surface area contributed by atoms with Gasteiger partial charge in [0.15, 0.2) is 0 Å². The van der Waals surface area contributed by atoms with Gasteiger partial charge in [-0.1, -0.05) is 19.3 Å². The summed E-state index contributed by atoms with van der Waals surface area (Å²) in [7, 11) is 0. The third-order valence-electron chi connectivity index (χ3n) is 5.13. The van der Waals surface area contributed by atoms with E-state index in [2.05, 4.69) is 15.2 Å². The fraction of sp³-hybridized carbons (Fsp3) is 0.667. The van der Waals surface area contributed by atoms with E-state index in [0.717, 1.165) is 25.3 Å². The van der Waals surface area contributed by atoms with Crippen LogP contribution in [0.2, 0.25) is 0 Å². The number of piperidine rings is 1. The number of pyridine rings is 1. The van der Waals surface area contributed by atoms with Gasteiger partial charge in [0.1, 0.15) is 5.82 Å². The Kier molecular flexibility index (Phi) is 5.49. The molecule has 1 aromatic heterocycles. The van der Waals surface area contributed by atoms with Gasteiger partial charge in [-0.3, -0.25) is 4.79 Å². The third kappa shape index (κ3) is 4.67. The van der Waals surface area contributed by atoms with E-state index in [1.165, 1.54) is 45.2 Å². The fourth-order valence-corrected chi connectivity index (χ4v) is 3.93. The highest BCUT2D eigenvalue weighted by molar-refractivity contribution is 5.94. The lowest BCUT2D eigenvalue weighted by Crippen LogP contribution is -2.48. The molecule has 1 aromatic rings. The number of nitrogen functional groups attached to an aromatic ring is 1. The van der Waals surface area contributed by atoms with Gasteiger partial charge in [-0.15, -0.1) is 0 Å². The van der Waals surface area contributed by atoms with E-state index >= 15 is 0 Å². The molecule has 5 heteroatoms. The molecule has 3 rings (SSSR count). The Labute approximate surface area is 138 Å². The molecule has 2 heterocycles. The molecular formula is C18H28N4O. The molecule has 2 fully saturated rings. The average Bonchev–Trinajstić information content (AvgIpc) is 2.56. The summed E-state index contributed by atoms with van der Waals surface area (Å²) in [6.45, 7) is 3.35.